The summed E-state index contributed by atoms with van der Waals surface area (Å²) in [5.41, 5.74) is 10.7. The Hall–Kier alpha value is -7.54. The van der Waals surface area contributed by atoms with E-state index in [1.807, 2.05) is 92.1 Å². The van der Waals surface area contributed by atoms with Crippen molar-refractivity contribution < 1.29 is 48.4 Å². The molecule has 2 aliphatic heterocycles. The SMILES string of the molecule is Cc1ccc(-c2cc(C(O)/C=C/C3CCC(=O)N3CCCc3ccc(C(=O)O)cc3)ccc2F)c(C)c1.Cc1ccc(-c2cc(F)cc(C(O)/C=C/C3CCC(=O)N3CCCc3ccc(C(=O)O)cc3)c2)c(C)c1. The van der Waals surface area contributed by atoms with Gasteiger partial charge in [-0.3, -0.25) is 9.59 Å². The van der Waals surface area contributed by atoms with Gasteiger partial charge >= 0.3 is 11.9 Å². The Balaban J connectivity index is 0.000000216. The summed E-state index contributed by atoms with van der Waals surface area (Å²) in [7, 11) is 0. The van der Waals surface area contributed by atoms with Gasteiger partial charge in [0.15, 0.2) is 0 Å². The summed E-state index contributed by atoms with van der Waals surface area (Å²) in [5.74, 6) is -2.48. The molecule has 0 bridgehead atoms. The van der Waals surface area contributed by atoms with E-state index in [0.717, 1.165) is 70.2 Å². The molecule has 12 heteroatoms. The molecule has 384 valence electrons. The third-order valence-electron chi connectivity index (χ3n) is 13.9. The Kier molecular flexibility index (Phi) is 18.3. The minimum absolute atomic E-state index is 0.0771. The molecule has 0 aromatic heterocycles. The number of benzene rings is 6. The normalized spacial score (nSPS) is 16.5. The van der Waals surface area contributed by atoms with Gasteiger partial charge in [0.25, 0.3) is 0 Å². The number of rotatable bonds is 18. The van der Waals surface area contributed by atoms with Crippen molar-refractivity contribution in [2.75, 3.05) is 13.1 Å². The van der Waals surface area contributed by atoms with E-state index in [2.05, 4.69) is 0 Å². The number of aryl methyl sites for hydroxylation is 6. The number of carbonyl (C=O) groups excluding carboxylic acids is 2. The number of aliphatic hydroxyl groups excluding tert-OH is 2. The van der Waals surface area contributed by atoms with E-state index in [9.17, 15) is 38.2 Å². The number of aromatic carboxylic acids is 2. The summed E-state index contributed by atoms with van der Waals surface area (Å²) in [5, 5.41) is 39.7. The molecule has 0 radical (unpaired) electrons. The molecule has 4 atom stereocenters. The molecule has 2 saturated heterocycles. The number of carbonyl (C=O) groups is 4. The van der Waals surface area contributed by atoms with Crippen LogP contribution in [0.4, 0.5) is 8.78 Å². The van der Waals surface area contributed by atoms with Crippen molar-refractivity contribution in [3.63, 3.8) is 0 Å². The molecule has 2 amide bonds. The fourth-order valence-electron chi connectivity index (χ4n) is 9.84. The van der Waals surface area contributed by atoms with Gasteiger partial charge in [-0.25, -0.2) is 18.4 Å². The van der Waals surface area contributed by atoms with Crippen LogP contribution in [0.3, 0.4) is 0 Å². The minimum Gasteiger partial charge on any atom is -0.478 e. The van der Waals surface area contributed by atoms with E-state index in [4.69, 9.17) is 10.2 Å². The Morgan fingerprint density at radius 2 is 1.04 bits per heavy atom. The van der Waals surface area contributed by atoms with Crippen molar-refractivity contribution in [3.8, 4) is 22.3 Å². The van der Waals surface area contributed by atoms with Crippen LogP contribution >= 0.6 is 0 Å². The zero-order valence-corrected chi connectivity index (χ0v) is 42.3. The highest BCUT2D eigenvalue weighted by Crippen LogP contribution is 2.32. The summed E-state index contributed by atoms with van der Waals surface area (Å²) < 4.78 is 29.1. The smallest absolute Gasteiger partial charge is 0.335 e. The van der Waals surface area contributed by atoms with E-state index in [0.29, 0.717) is 61.0 Å². The third-order valence-corrected chi connectivity index (χ3v) is 13.9. The van der Waals surface area contributed by atoms with Crippen LogP contribution < -0.4 is 0 Å². The van der Waals surface area contributed by atoms with Crippen LogP contribution in [0.5, 0.6) is 0 Å². The summed E-state index contributed by atoms with van der Waals surface area (Å²) in [6, 6.07) is 34.5. The average molecular weight is 1000 g/mol. The predicted octanol–water partition coefficient (Wildman–Crippen LogP) is 12.0. The van der Waals surface area contributed by atoms with Gasteiger partial charge in [-0.2, -0.15) is 0 Å². The van der Waals surface area contributed by atoms with Crippen LogP contribution in [-0.2, 0) is 22.4 Å². The Bertz CT molecular complexity index is 3040. The number of amides is 2. The van der Waals surface area contributed by atoms with Gasteiger partial charge < -0.3 is 30.2 Å². The maximum Gasteiger partial charge on any atom is 0.335 e. The molecule has 4 N–H and O–H groups in total. The largest absolute Gasteiger partial charge is 0.478 e. The van der Waals surface area contributed by atoms with E-state index >= 15 is 0 Å². The minimum atomic E-state index is -0.995. The maximum atomic E-state index is 14.7. The first-order valence-corrected chi connectivity index (χ1v) is 25.2. The molecular formula is C62H64F2N2O8. The van der Waals surface area contributed by atoms with Crippen LogP contribution in [0, 0.1) is 39.3 Å². The van der Waals surface area contributed by atoms with Gasteiger partial charge in [-0.15, -0.1) is 0 Å². The molecule has 10 nitrogen and oxygen atoms in total. The van der Waals surface area contributed by atoms with Crippen LogP contribution in [0.2, 0.25) is 0 Å². The van der Waals surface area contributed by atoms with Crippen LogP contribution in [-0.4, -0.2) is 79.2 Å². The van der Waals surface area contributed by atoms with E-state index in [1.54, 1.807) is 72.8 Å². The topological polar surface area (TPSA) is 156 Å². The van der Waals surface area contributed by atoms with Gasteiger partial charge in [0.1, 0.15) is 11.6 Å². The lowest BCUT2D eigenvalue weighted by atomic mass is 9.95. The molecule has 0 aliphatic carbocycles. The van der Waals surface area contributed by atoms with Gasteiger partial charge in [-0.05, 0) is 171 Å². The number of halogens is 2. The maximum absolute atomic E-state index is 14.7. The fourth-order valence-corrected chi connectivity index (χ4v) is 9.84. The summed E-state index contributed by atoms with van der Waals surface area (Å²) in [4.78, 5) is 50.6. The number of nitrogens with zero attached hydrogens (tertiary/aromatic N) is 2. The Morgan fingerprint density at radius 3 is 1.51 bits per heavy atom. The second-order valence-corrected chi connectivity index (χ2v) is 19.4. The van der Waals surface area contributed by atoms with Gasteiger partial charge in [0.05, 0.1) is 35.4 Å². The number of likely N-dealkylation sites (tertiary alicyclic amines) is 2. The molecule has 2 heterocycles. The van der Waals surface area contributed by atoms with E-state index in [1.165, 1.54) is 18.2 Å². The van der Waals surface area contributed by atoms with Gasteiger partial charge in [-0.1, -0.05) is 102 Å². The molecule has 6 aromatic rings. The summed E-state index contributed by atoms with van der Waals surface area (Å²) in [6.45, 7) is 9.09. The van der Waals surface area contributed by atoms with Gasteiger partial charge in [0.2, 0.25) is 11.8 Å². The molecule has 74 heavy (non-hydrogen) atoms. The second-order valence-electron chi connectivity index (χ2n) is 19.4. The molecule has 2 fully saturated rings. The molecule has 6 aromatic carbocycles. The number of carboxylic acid groups (broad SMARTS) is 2. The zero-order chi connectivity index (χ0) is 53.1. The number of aliphatic hydroxyl groups is 2. The quantitative estimate of drug-likeness (QED) is 0.0620. The molecular weight excluding hydrogens is 939 g/mol. The lowest BCUT2D eigenvalue weighted by molar-refractivity contribution is -0.129. The van der Waals surface area contributed by atoms with Crippen LogP contribution in [0.25, 0.3) is 22.3 Å². The third kappa shape index (κ3) is 14.1. The lowest BCUT2D eigenvalue weighted by Crippen LogP contribution is -2.33. The van der Waals surface area contributed by atoms with Crippen molar-refractivity contribution in [2.45, 2.75) is 103 Å². The zero-order valence-electron chi connectivity index (χ0n) is 42.3. The van der Waals surface area contributed by atoms with Crippen molar-refractivity contribution >= 4 is 23.8 Å². The number of carboxylic acids is 2. The van der Waals surface area contributed by atoms with Crippen LogP contribution in [0.15, 0.2) is 146 Å². The van der Waals surface area contributed by atoms with Crippen molar-refractivity contribution in [3.05, 3.63) is 213 Å². The van der Waals surface area contributed by atoms with Gasteiger partial charge in [0, 0.05) is 31.5 Å². The number of hydrogen-bond acceptors (Lipinski definition) is 6. The molecule has 8 rings (SSSR count). The van der Waals surface area contributed by atoms with E-state index in [-0.39, 0.29) is 40.8 Å². The monoisotopic (exact) mass is 1000 g/mol. The highest BCUT2D eigenvalue weighted by Gasteiger charge is 2.30. The molecule has 0 saturated carbocycles. The summed E-state index contributed by atoms with van der Waals surface area (Å²) in [6.07, 6.45) is 10.4. The summed E-state index contributed by atoms with van der Waals surface area (Å²) >= 11 is 0. The Labute approximate surface area is 431 Å². The first kappa shape index (κ1) is 54.2. The molecule has 2 aliphatic rings. The molecule has 0 spiro atoms. The first-order chi connectivity index (χ1) is 35.4. The highest BCUT2D eigenvalue weighted by atomic mass is 19.1. The first-order valence-electron chi connectivity index (χ1n) is 25.2. The average Bonchev–Trinajstić information content (AvgIpc) is 3.91. The van der Waals surface area contributed by atoms with E-state index < -0.39 is 30.0 Å². The fraction of sp³-hybridized carbons (Fsp3) is 0.290. The predicted molar refractivity (Wildman–Crippen MR) is 284 cm³/mol. The van der Waals surface area contributed by atoms with Crippen molar-refractivity contribution in [1.82, 2.24) is 9.80 Å². The number of hydrogen-bond donors (Lipinski definition) is 4. The highest BCUT2D eigenvalue weighted by molar-refractivity contribution is 5.88. The van der Waals surface area contributed by atoms with Crippen LogP contribution in [0.1, 0.15) is 116 Å². The Morgan fingerprint density at radius 1 is 0.568 bits per heavy atom. The van der Waals surface area contributed by atoms with Crippen molar-refractivity contribution in [2.24, 2.45) is 0 Å². The van der Waals surface area contributed by atoms with Crippen molar-refractivity contribution in [1.29, 1.82) is 0 Å². The standard InChI is InChI=1S/2C31H32FNO4/c1-20-5-13-26(21(2)18-20)27-19-24(10-14-28(27)32)29(34)15-11-25-12-16-30(35)33(25)17-3-4-22-6-8-23(9-7-22)31(36)37;1-20-5-12-28(21(2)16-20)24-17-25(19-26(32)18-24)29(34)13-10-27-11-14-30(35)33(27)15-3-4-22-6-8-23(9-7-22)31(36)37/h5-11,13-15,18-19,25,29,34H,3-4,12,16-17H2,1-2H3,(H,36,37);5-10,12-13,16-19,27,29,34H,3-4,11,14-15H2,1-2H3,(H,36,37)/b15-11+;13-10+. The lowest BCUT2D eigenvalue weighted by Gasteiger charge is -2.23. The molecule has 4 unspecified atom stereocenters. The second kappa shape index (κ2) is 24.9.